The van der Waals surface area contributed by atoms with Gasteiger partial charge in [0, 0.05) is 29.2 Å². The fraction of sp³-hybridized carbons (Fsp3) is 0.143. The van der Waals surface area contributed by atoms with Crippen molar-refractivity contribution in [3.05, 3.63) is 47.5 Å². The number of nitrogens with two attached hydrogens (primary N) is 2. The molecule has 6 N–H and O–H groups in total. The molecule has 2 aromatic carbocycles. The highest BCUT2D eigenvalue weighted by molar-refractivity contribution is 5.60. The van der Waals surface area contributed by atoms with Crippen LogP contribution in [0, 0.1) is 6.92 Å². The van der Waals surface area contributed by atoms with Gasteiger partial charge in [0.05, 0.1) is 0 Å². The number of benzene rings is 2. The third kappa shape index (κ3) is 2.48. The fourth-order valence-corrected chi connectivity index (χ4v) is 1.85. The van der Waals surface area contributed by atoms with Crippen molar-refractivity contribution < 1.29 is 5.11 Å². The second kappa shape index (κ2) is 4.87. The molecule has 2 aromatic rings. The van der Waals surface area contributed by atoms with E-state index in [9.17, 15) is 5.11 Å². The molecule has 94 valence electrons. The van der Waals surface area contributed by atoms with Gasteiger partial charge >= 0.3 is 0 Å². The summed E-state index contributed by atoms with van der Waals surface area (Å²) in [4.78, 5) is 0. The van der Waals surface area contributed by atoms with E-state index in [-0.39, 0.29) is 5.75 Å². The summed E-state index contributed by atoms with van der Waals surface area (Å²) in [6.07, 6.45) is 0. The van der Waals surface area contributed by atoms with Crippen LogP contribution in [-0.4, -0.2) is 5.11 Å². The molecule has 2 rings (SSSR count). The highest BCUT2D eigenvalue weighted by Gasteiger charge is 2.05. The van der Waals surface area contributed by atoms with E-state index in [0.29, 0.717) is 17.8 Å². The molecule has 18 heavy (non-hydrogen) atoms. The Hall–Kier alpha value is -2.36. The first-order chi connectivity index (χ1) is 8.58. The van der Waals surface area contributed by atoms with Gasteiger partial charge in [-0.3, -0.25) is 0 Å². The maximum atomic E-state index is 9.74. The van der Waals surface area contributed by atoms with E-state index in [1.165, 1.54) is 0 Å². The number of anilines is 3. The second-order valence-corrected chi connectivity index (χ2v) is 4.27. The van der Waals surface area contributed by atoms with Crippen LogP contribution in [0.1, 0.15) is 11.1 Å². The van der Waals surface area contributed by atoms with E-state index >= 15 is 0 Å². The number of rotatable bonds is 3. The molecule has 0 saturated carbocycles. The van der Waals surface area contributed by atoms with Crippen molar-refractivity contribution in [2.45, 2.75) is 13.5 Å². The van der Waals surface area contributed by atoms with Crippen LogP contribution in [0.25, 0.3) is 0 Å². The zero-order valence-corrected chi connectivity index (χ0v) is 10.3. The van der Waals surface area contributed by atoms with Gasteiger partial charge in [0.25, 0.3) is 0 Å². The molecule has 0 bridgehead atoms. The average molecular weight is 243 g/mol. The SMILES string of the molecule is Cc1cc(N)ccc1NCc1c(N)cccc1O. The summed E-state index contributed by atoms with van der Waals surface area (Å²) in [5.41, 5.74) is 15.6. The van der Waals surface area contributed by atoms with Crippen molar-refractivity contribution in [3.8, 4) is 5.75 Å². The molecule has 0 unspecified atom stereocenters. The van der Waals surface area contributed by atoms with Crippen LogP contribution < -0.4 is 16.8 Å². The molecular weight excluding hydrogens is 226 g/mol. The third-order valence-corrected chi connectivity index (χ3v) is 2.89. The minimum Gasteiger partial charge on any atom is -0.508 e. The summed E-state index contributed by atoms with van der Waals surface area (Å²) in [5.74, 6) is 0.204. The van der Waals surface area contributed by atoms with E-state index in [1.807, 2.05) is 25.1 Å². The fourth-order valence-electron chi connectivity index (χ4n) is 1.85. The summed E-state index contributed by atoms with van der Waals surface area (Å²) in [6, 6.07) is 10.8. The van der Waals surface area contributed by atoms with Crippen LogP contribution >= 0.6 is 0 Å². The average Bonchev–Trinajstić information content (AvgIpc) is 2.31. The van der Waals surface area contributed by atoms with Crippen molar-refractivity contribution in [1.29, 1.82) is 0 Å². The molecule has 0 amide bonds. The first-order valence-electron chi connectivity index (χ1n) is 5.74. The largest absolute Gasteiger partial charge is 0.508 e. The summed E-state index contributed by atoms with van der Waals surface area (Å²) in [5, 5.41) is 13.0. The van der Waals surface area contributed by atoms with Crippen LogP contribution in [0.15, 0.2) is 36.4 Å². The van der Waals surface area contributed by atoms with Gasteiger partial charge in [-0.2, -0.15) is 0 Å². The zero-order chi connectivity index (χ0) is 13.1. The predicted molar refractivity (Wildman–Crippen MR) is 75.4 cm³/mol. The van der Waals surface area contributed by atoms with E-state index in [4.69, 9.17) is 11.5 Å². The van der Waals surface area contributed by atoms with Crippen LogP contribution in [0.5, 0.6) is 5.75 Å². The third-order valence-electron chi connectivity index (χ3n) is 2.89. The molecule has 0 radical (unpaired) electrons. The van der Waals surface area contributed by atoms with Crippen molar-refractivity contribution in [2.75, 3.05) is 16.8 Å². The van der Waals surface area contributed by atoms with Crippen LogP contribution in [-0.2, 0) is 6.54 Å². The van der Waals surface area contributed by atoms with Crippen molar-refractivity contribution in [2.24, 2.45) is 0 Å². The second-order valence-electron chi connectivity index (χ2n) is 4.27. The van der Waals surface area contributed by atoms with Gasteiger partial charge in [0.15, 0.2) is 0 Å². The van der Waals surface area contributed by atoms with Gasteiger partial charge in [0.1, 0.15) is 5.75 Å². The van der Waals surface area contributed by atoms with Gasteiger partial charge in [-0.25, -0.2) is 0 Å². The van der Waals surface area contributed by atoms with E-state index < -0.39 is 0 Å². The summed E-state index contributed by atoms with van der Waals surface area (Å²) in [7, 11) is 0. The summed E-state index contributed by atoms with van der Waals surface area (Å²) in [6.45, 7) is 2.45. The standard InChI is InChI=1S/C14H17N3O/c1-9-7-10(15)5-6-13(9)17-8-11-12(16)3-2-4-14(11)18/h2-7,17-18H,8,15-16H2,1H3. The lowest BCUT2D eigenvalue weighted by molar-refractivity contribution is 0.469. The number of phenols is 1. The Morgan fingerprint density at radius 1 is 1.17 bits per heavy atom. The van der Waals surface area contributed by atoms with E-state index in [1.54, 1.807) is 18.2 Å². The minimum atomic E-state index is 0.204. The molecule has 0 heterocycles. The Kier molecular flexibility index (Phi) is 3.28. The van der Waals surface area contributed by atoms with Crippen LogP contribution in [0.3, 0.4) is 0 Å². The van der Waals surface area contributed by atoms with Crippen LogP contribution in [0.2, 0.25) is 0 Å². The van der Waals surface area contributed by atoms with Gasteiger partial charge in [-0.1, -0.05) is 6.07 Å². The molecular formula is C14H17N3O. The van der Waals surface area contributed by atoms with Crippen molar-refractivity contribution in [3.63, 3.8) is 0 Å². The molecule has 0 aliphatic rings. The number of nitrogen functional groups attached to an aromatic ring is 2. The van der Waals surface area contributed by atoms with Gasteiger partial charge in [0.2, 0.25) is 0 Å². The Morgan fingerprint density at radius 2 is 1.94 bits per heavy atom. The van der Waals surface area contributed by atoms with Gasteiger partial charge in [-0.05, 0) is 42.8 Å². The quantitative estimate of drug-likeness (QED) is 0.624. The highest BCUT2D eigenvalue weighted by Crippen LogP contribution is 2.25. The zero-order valence-electron chi connectivity index (χ0n) is 10.3. The molecule has 0 aromatic heterocycles. The first-order valence-corrected chi connectivity index (χ1v) is 5.74. The number of nitrogens with one attached hydrogen (secondary N) is 1. The first kappa shape index (κ1) is 12.1. The Morgan fingerprint density at radius 3 is 2.61 bits per heavy atom. The number of hydrogen-bond donors (Lipinski definition) is 4. The van der Waals surface area contributed by atoms with E-state index in [0.717, 1.165) is 16.9 Å². The molecule has 0 aliphatic heterocycles. The summed E-state index contributed by atoms with van der Waals surface area (Å²) < 4.78 is 0. The Labute approximate surface area is 106 Å². The van der Waals surface area contributed by atoms with Gasteiger partial charge < -0.3 is 21.9 Å². The molecule has 0 spiro atoms. The Balaban J connectivity index is 2.16. The smallest absolute Gasteiger partial charge is 0.122 e. The Bertz CT molecular complexity index is 547. The van der Waals surface area contributed by atoms with Crippen LogP contribution in [0.4, 0.5) is 17.1 Å². The number of phenolic OH excluding ortho intramolecular Hbond substituents is 1. The van der Waals surface area contributed by atoms with E-state index in [2.05, 4.69) is 5.32 Å². The number of aryl methyl sites for hydroxylation is 1. The predicted octanol–water partition coefficient (Wildman–Crippen LogP) is 2.48. The summed E-state index contributed by atoms with van der Waals surface area (Å²) >= 11 is 0. The molecule has 4 nitrogen and oxygen atoms in total. The monoisotopic (exact) mass is 243 g/mol. The molecule has 0 fully saturated rings. The number of aromatic hydroxyl groups is 1. The highest BCUT2D eigenvalue weighted by atomic mass is 16.3. The van der Waals surface area contributed by atoms with Crippen molar-refractivity contribution in [1.82, 2.24) is 0 Å². The molecule has 4 heteroatoms. The lowest BCUT2D eigenvalue weighted by Gasteiger charge is -2.12. The maximum absolute atomic E-state index is 9.74. The molecule has 0 aliphatic carbocycles. The lowest BCUT2D eigenvalue weighted by Crippen LogP contribution is -2.04. The lowest BCUT2D eigenvalue weighted by atomic mass is 10.1. The maximum Gasteiger partial charge on any atom is 0.122 e. The van der Waals surface area contributed by atoms with Crippen molar-refractivity contribution >= 4 is 17.1 Å². The number of hydrogen-bond acceptors (Lipinski definition) is 4. The minimum absolute atomic E-state index is 0.204. The molecule has 0 saturated heterocycles. The van der Waals surface area contributed by atoms with Gasteiger partial charge in [-0.15, -0.1) is 0 Å². The normalized spacial score (nSPS) is 10.3. The molecule has 0 atom stereocenters. The topological polar surface area (TPSA) is 84.3 Å².